The van der Waals surface area contributed by atoms with Crippen molar-refractivity contribution in [3.8, 4) is 0 Å². The van der Waals surface area contributed by atoms with Crippen molar-refractivity contribution in [2.45, 2.75) is 5.54 Å². The van der Waals surface area contributed by atoms with Crippen LogP contribution in [0.15, 0.2) is 30.3 Å². The van der Waals surface area contributed by atoms with E-state index in [0.29, 0.717) is 0 Å². The number of carbonyl (C=O) groups is 2. The van der Waals surface area contributed by atoms with Gasteiger partial charge in [0.25, 0.3) is 10.2 Å². The number of benzene rings is 1. The van der Waals surface area contributed by atoms with Crippen molar-refractivity contribution in [3.05, 3.63) is 35.9 Å². The Hall–Kier alpha value is -2.06. The van der Waals surface area contributed by atoms with E-state index in [4.69, 9.17) is 0 Å². The highest BCUT2D eigenvalue weighted by molar-refractivity contribution is 7.90. The number of nitrogens with one attached hydrogen (secondary N) is 2. The molecule has 0 bridgehead atoms. The molecule has 2 N–H and O–H groups in total. The second kappa shape index (κ2) is 8.98. The highest BCUT2D eigenvalue weighted by Crippen LogP contribution is 2.32. The third-order valence-corrected chi connectivity index (χ3v) is 7.91. The Morgan fingerprint density at radius 1 is 1.07 bits per heavy atom. The number of likely N-dealkylation sites (N-methyl/N-ethyl adjacent to an activating group) is 1. The first-order chi connectivity index (χ1) is 13.8. The molecule has 0 aromatic heterocycles. The van der Waals surface area contributed by atoms with Crippen molar-refractivity contribution in [1.29, 1.82) is 0 Å². The van der Waals surface area contributed by atoms with Crippen molar-refractivity contribution in [2.75, 3.05) is 53.6 Å². The van der Waals surface area contributed by atoms with Crippen molar-refractivity contribution in [3.63, 3.8) is 0 Å². The van der Waals surface area contributed by atoms with E-state index in [-0.39, 0.29) is 13.1 Å². The van der Waals surface area contributed by atoms with E-state index >= 15 is 0 Å². The fourth-order valence-electron chi connectivity index (χ4n) is 3.07. The number of hydrogen-bond acceptors (Lipinski definition) is 6. The van der Waals surface area contributed by atoms with Crippen LogP contribution in [0, 0.1) is 0 Å². The molecular formula is C17H27N5O6S2. The summed E-state index contributed by atoms with van der Waals surface area (Å²) < 4.78 is 51.6. The number of likely N-dealkylation sites (tertiary alicyclic amines) is 1. The van der Waals surface area contributed by atoms with Gasteiger partial charge < -0.3 is 10.2 Å². The fraction of sp³-hybridized carbons (Fsp3) is 0.529. The number of hydrogen-bond donors (Lipinski definition) is 2. The first kappa shape index (κ1) is 24.2. The molecule has 0 atom stereocenters. The first-order valence-electron chi connectivity index (χ1n) is 9.02. The Morgan fingerprint density at radius 2 is 1.63 bits per heavy atom. The van der Waals surface area contributed by atoms with Crippen molar-refractivity contribution in [1.82, 2.24) is 23.5 Å². The predicted octanol–water partition coefficient (Wildman–Crippen LogP) is -1.87. The molecule has 1 aromatic rings. The Labute approximate surface area is 177 Å². The van der Waals surface area contributed by atoms with Gasteiger partial charge in [-0.15, -0.1) is 0 Å². The summed E-state index contributed by atoms with van der Waals surface area (Å²) in [6.45, 7) is -0.257. The van der Waals surface area contributed by atoms with E-state index in [9.17, 15) is 26.4 Å². The summed E-state index contributed by atoms with van der Waals surface area (Å²) in [4.78, 5) is 26.2. The van der Waals surface area contributed by atoms with Crippen LogP contribution in [0.25, 0.3) is 0 Å². The van der Waals surface area contributed by atoms with E-state index in [1.807, 2.05) is 0 Å². The lowest BCUT2D eigenvalue weighted by Gasteiger charge is -2.50. The maximum Gasteiger partial charge on any atom is 0.281 e. The van der Waals surface area contributed by atoms with Gasteiger partial charge in [0.2, 0.25) is 21.8 Å². The van der Waals surface area contributed by atoms with Crippen LogP contribution in [0.1, 0.15) is 5.56 Å². The summed E-state index contributed by atoms with van der Waals surface area (Å²) in [6.07, 6.45) is 0. The summed E-state index contributed by atoms with van der Waals surface area (Å²) in [5, 5.41) is 2.83. The second-order valence-electron chi connectivity index (χ2n) is 7.26. The minimum atomic E-state index is -3.76. The van der Waals surface area contributed by atoms with Crippen LogP contribution in [0.5, 0.6) is 0 Å². The minimum Gasteiger partial charge on any atom is -0.342 e. The Balaban J connectivity index is 2.15. The van der Waals surface area contributed by atoms with Crippen LogP contribution in [-0.4, -0.2) is 95.7 Å². The summed E-state index contributed by atoms with van der Waals surface area (Å²) >= 11 is 0. The van der Waals surface area contributed by atoms with E-state index in [1.54, 1.807) is 30.3 Å². The first-order valence-corrected chi connectivity index (χ1v) is 12.1. The van der Waals surface area contributed by atoms with Gasteiger partial charge in [-0.2, -0.15) is 17.0 Å². The van der Waals surface area contributed by atoms with E-state index in [0.717, 1.165) is 14.2 Å². The molecule has 11 nitrogen and oxygen atoms in total. The standard InChI is InChI=1S/C17H27N5O6S2/c1-18-29(25,26)11-16(24)22-12-17(13-22,14-8-6-5-7-9-14)19-15(23)10-21(4)30(27,28)20(2)3/h5-9,18H,10-13H2,1-4H3,(H,19,23). The summed E-state index contributed by atoms with van der Waals surface area (Å²) in [5.74, 6) is -1.81. The van der Waals surface area contributed by atoms with Gasteiger partial charge in [0.1, 0.15) is 11.3 Å². The van der Waals surface area contributed by atoms with Gasteiger partial charge in [-0.3, -0.25) is 9.59 Å². The maximum atomic E-state index is 12.6. The molecule has 1 heterocycles. The minimum absolute atomic E-state index is 0.0744. The number of rotatable bonds is 9. The van der Waals surface area contributed by atoms with Gasteiger partial charge in [0.15, 0.2) is 0 Å². The zero-order valence-corrected chi connectivity index (χ0v) is 19.0. The molecule has 0 spiro atoms. The van der Waals surface area contributed by atoms with Gasteiger partial charge >= 0.3 is 0 Å². The lowest BCUT2D eigenvalue weighted by atomic mass is 9.82. The zero-order chi connectivity index (χ0) is 22.7. The quantitative estimate of drug-likeness (QED) is 0.442. The topological polar surface area (TPSA) is 136 Å². The zero-order valence-electron chi connectivity index (χ0n) is 17.3. The third-order valence-electron chi connectivity index (χ3n) is 4.83. The van der Waals surface area contributed by atoms with Crippen molar-refractivity contribution in [2.24, 2.45) is 0 Å². The van der Waals surface area contributed by atoms with Crippen LogP contribution in [0.2, 0.25) is 0 Å². The van der Waals surface area contributed by atoms with Gasteiger partial charge in [-0.05, 0) is 12.6 Å². The molecule has 30 heavy (non-hydrogen) atoms. The second-order valence-corrected chi connectivity index (χ2v) is 11.4. The Bertz CT molecular complexity index is 989. The molecule has 0 radical (unpaired) electrons. The lowest BCUT2D eigenvalue weighted by Crippen LogP contribution is -2.70. The summed E-state index contributed by atoms with van der Waals surface area (Å²) in [5.41, 5.74) is -0.197. The molecule has 2 rings (SSSR count). The third kappa shape index (κ3) is 5.35. The van der Waals surface area contributed by atoms with Gasteiger partial charge in [0, 0.05) is 34.2 Å². The van der Waals surface area contributed by atoms with Gasteiger partial charge in [-0.1, -0.05) is 30.3 Å². The van der Waals surface area contributed by atoms with E-state index in [1.165, 1.54) is 33.1 Å². The number of sulfonamides is 1. The largest absolute Gasteiger partial charge is 0.342 e. The predicted molar refractivity (Wildman–Crippen MR) is 111 cm³/mol. The van der Waals surface area contributed by atoms with Gasteiger partial charge in [-0.25, -0.2) is 13.1 Å². The van der Waals surface area contributed by atoms with Crippen LogP contribution in [0.4, 0.5) is 0 Å². The molecule has 13 heteroatoms. The molecule has 1 saturated heterocycles. The maximum absolute atomic E-state index is 12.6. The van der Waals surface area contributed by atoms with Crippen molar-refractivity contribution >= 4 is 32.0 Å². The summed E-state index contributed by atoms with van der Waals surface area (Å²) in [6, 6.07) is 8.93. The molecule has 0 aliphatic carbocycles. The average molecular weight is 462 g/mol. The van der Waals surface area contributed by atoms with Crippen LogP contribution in [-0.2, 0) is 35.4 Å². The van der Waals surface area contributed by atoms with Crippen LogP contribution >= 0.6 is 0 Å². The lowest BCUT2D eigenvalue weighted by molar-refractivity contribution is -0.141. The highest BCUT2D eigenvalue weighted by atomic mass is 32.2. The molecule has 1 aromatic carbocycles. The molecule has 168 valence electrons. The fourth-order valence-corrected chi connectivity index (χ4v) is 4.56. The molecule has 1 aliphatic rings. The van der Waals surface area contributed by atoms with E-state index < -0.39 is 49.9 Å². The monoisotopic (exact) mass is 461 g/mol. The average Bonchev–Trinajstić information content (AvgIpc) is 2.64. The van der Waals surface area contributed by atoms with Crippen molar-refractivity contribution < 1.29 is 26.4 Å². The van der Waals surface area contributed by atoms with Crippen LogP contribution in [0.3, 0.4) is 0 Å². The normalized spacial score (nSPS) is 16.4. The highest BCUT2D eigenvalue weighted by Gasteiger charge is 2.48. The number of nitrogens with zero attached hydrogens (tertiary/aromatic N) is 3. The molecule has 0 saturated carbocycles. The molecule has 2 amide bonds. The van der Waals surface area contributed by atoms with Gasteiger partial charge in [0.05, 0.1) is 6.54 Å². The number of amides is 2. The Kier molecular flexibility index (Phi) is 7.24. The number of carbonyl (C=O) groups excluding carboxylic acids is 2. The molecular weight excluding hydrogens is 434 g/mol. The molecule has 1 fully saturated rings. The summed E-state index contributed by atoms with van der Waals surface area (Å²) in [7, 11) is -2.22. The SMILES string of the molecule is CNS(=O)(=O)CC(=O)N1CC(NC(=O)CN(C)S(=O)(=O)N(C)C)(c2ccccc2)C1. The Morgan fingerprint density at radius 3 is 2.13 bits per heavy atom. The van der Waals surface area contributed by atoms with Crippen LogP contribution < -0.4 is 10.0 Å². The van der Waals surface area contributed by atoms with E-state index in [2.05, 4.69) is 10.0 Å². The smallest absolute Gasteiger partial charge is 0.281 e. The molecule has 1 aliphatic heterocycles. The molecule has 0 unspecified atom stereocenters.